The molecule has 0 atom stereocenters. The number of benzene rings is 8. The molecule has 0 fully saturated rings. The summed E-state index contributed by atoms with van der Waals surface area (Å²) >= 11 is 0. The van der Waals surface area contributed by atoms with Crippen LogP contribution in [0.5, 0.6) is 0 Å². The van der Waals surface area contributed by atoms with E-state index in [2.05, 4.69) is 183 Å². The molecule has 1 aliphatic carbocycles. The minimum absolute atomic E-state index is 0.0808. The predicted octanol–water partition coefficient (Wildman–Crippen LogP) is 14.5. The van der Waals surface area contributed by atoms with Crippen LogP contribution in [0, 0.1) is 0 Å². The summed E-state index contributed by atoms with van der Waals surface area (Å²) in [6, 6.07) is 67.6. The summed E-state index contributed by atoms with van der Waals surface area (Å²) in [5, 5.41) is 4.93. The topological polar surface area (TPSA) is 38.7 Å². The van der Waals surface area contributed by atoms with Gasteiger partial charge in [0.2, 0.25) is 0 Å². The van der Waals surface area contributed by atoms with Crippen molar-refractivity contribution in [1.82, 2.24) is 15.0 Å². The number of rotatable bonds is 6. The van der Waals surface area contributed by atoms with Gasteiger partial charge >= 0.3 is 0 Å². The molecule has 3 nitrogen and oxygen atoms in total. The lowest BCUT2D eigenvalue weighted by Crippen LogP contribution is -2.14. The van der Waals surface area contributed by atoms with Gasteiger partial charge in [0.1, 0.15) is 0 Å². The second kappa shape index (κ2) is 13.9. The number of pyridine rings is 1. The van der Waals surface area contributed by atoms with Crippen LogP contribution in [0.4, 0.5) is 0 Å². The Kier molecular flexibility index (Phi) is 8.16. The second-order valence-electron chi connectivity index (χ2n) is 16.0. The summed E-state index contributed by atoms with van der Waals surface area (Å²) in [4.78, 5) is 14.6. The fraction of sp³-hybridized carbons (Fsp3) is 0.0536. The molecule has 0 N–H and O–H groups in total. The van der Waals surface area contributed by atoms with E-state index in [-0.39, 0.29) is 5.41 Å². The van der Waals surface area contributed by atoms with Gasteiger partial charge in [0, 0.05) is 34.5 Å². The molecule has 8 aromatic carbocycles. The molecule has 0 saturated carbocycles. The average molecular weight is 754 g/mol. The Balaban J connectivity index is 0.999. The van der Waals surface area contributed by atoms with Crippen LogP contribution in [0.2, 0.25) is 0 Å². The Hall–Kier alpha value is -7.49. The van der Waals surface area contributed by atoms with Crippen LogP contribution in [0.3, 0.4) is 0 Å². The highest BCUT2D eigenvalue weighted by Crippen LogP contribution is 2.54. The standard InChI is InChI=1S/C56H39N3/c1-56(2)49-20-10-19-45(53(49)54-44-16-7-6-12-37(44)29-32-50(54)56)39-25-23-38(24-26-39)43-30-31-48(47-18-9-8-17-46(43)47)52-34-51(58-55(59-52)41-13-4-3-5-14-41)40-27-21-36(22-28-40)42-15-11-33-57-35-42/h3-35H,1-2H3. The molecular formula is C56H39N3. The molecule has 11 rings (SSSR count). The van der Waals surface area contributed by atoms with Crippen LogP contribution < -0.4 is 0 Å². The maximum absolute atomic E-state index is 5.22. The third-order valence-corrected chi connectivity index (χ3v) is 12.2. The zero-order chi connectivity index (χ0) is 39.5. The van der Waals surface area contributed by atoms with Gasteiger partial charge in [-0.1, -0.05) is 190 Å². The lowest BCUT2D eigenvalue weighted by atomic mass is 9.81. The molecule has 3 heteroatoms. The average Bonchev–Trinajstić information content (AvgIpc) is 3.55. The van der Waals surface area contributed by atoms with Crippen molar-refractivity contribution in [2.75, 3.05) is 0 Å². The summed E-state index contributed by atoms with van der Waals surface area (Å²) in [6.07, 6.45) is 3.69. The number of aromatic nitrogens is 3. The summed E-state index contributed by atoms with van der Waals surface area (Å²) < 4.78 is 0. The maximum Gasteiger partial charge on any atom is 0.160 e. The molecule has 0 unspecified atom stereocenters. The van der Waals surface area contributed by atoms with Crippen molar-refractivity contribution in [2.45, 2.75) is 19.3 Å². The molecule has 2 aromatic heterocycles. The lowest BCUT2D eigenvalue weighted by molar-refractivity contribution is 0.661. The molecule has 278 valence electrons. The van der Waals surface area contributed by atoms with Crippen molar-refractivity contribution < 1.29 is 0 Å². The first-order valence-corrected chi connectivity index (χ1v) is 20.3. The second-order valence-corrected chi connectivity index (χ2v) is 16.0. The molecule has 10 aromatic rings. The van der Waals surface area contributed by atoms with E-state index in [1.807, 2.05) is 30.5 Å². The Morgan fingerprint density at radius 2 is 0.983 bits per heavy atom. The minimum Gasteiger partial charge on any atom is -0.264 e. The van der Waals surface area contributed by atoms with Crippen LogP contribution >= 0.6 is 0 Å². The van der Waals surface area contributed by atoms with Crippen LogP contribution in [0.15, 0.2) is 200 Å². The van der Waals surface area contributed by atoms with Crippen molar-refractivity contribution >= 4 is 21.5 Å². The van der Waals surface area contributed by atoms with Crippen molar-refractivity contribution in [3.63, 3.8) is 0 Å². The summed E-state index contributed by atoms with van der Waals surface area (Å²) in [5.41, 5.74) is 17.3. The Labute approximate surface area is 344 Å². The summed E-state index contributed by atoms with van der Waals surface area (Å²) in [5.74, 6) is 0.699. The fourth-order valence-electron chi connectivity index (χ4n) is 9.21. The Bertz CT molecular complexity index is 3200. The maximum atomic E-state index is 5.22. The Morgan fingerprint density at radius 1 is 0.373 bits per heavy atom. The Morgan fingerprint density at radius 3 is 1.75 bits per heavy atom. The van der Waals surface area contributed by atoms with Crippen LogP contribution in [0.1, 0.15) is 25.0 Å². The van der Waals surface area contributed by atoms with Gasteiger partial charge in [-0.3, -0.25) is 4.98 Å². The number of fused-ring (bicyclic) bond motifs is 6. The third-order valence-electron chi connectivity index (χ3n) is 12.2. The predicted molar refractivity (Wildman–Crippen MR) is 245 cm³/mol. The van der Waals surface area contributed by atoms with Gasteiger partial charge in [-0.15, -0.1) is 0 Å². The first kappa shape index (κ1) is 34.7. The van der Waals surface area contributed by atoms with E-state index in [4.69, 9.17) is 9.97 Å². The molecule has 1 aliphatic rings. The van der Waals surface area contributed by atoms with Crippen LogP contribution in [0.25, 0.3) is 100.0 Å². The molecule has 59 heavy (non-hydrogen) atoms. The van der Waals surface area contributed by atoms with E-state index < -0.39 is 0 Å². The van der Waals surface area contributed by atoms with Gasteiger partial charge < -0.3 is 0 Å². The first-order chi connectivity index (χ1) is 29.0. The zero-order valence-electron chi connectivity index (χ0n) is 32.9. The van der Waals surface area contributed by atoms with Gasteiger partial charge in [0.05, 0.1) is 11.4 Å². The van der Waals surface area contributed by atoms with Gasteiger partial charge in [0.15, 0.2) is 5.82 Å². The molecule has 2 heterocycles. The van der Waals surface area contributed by atoms with Gasteiger partial charge in [-0.25, -0.2) is 9.97 Å². The smallest absolute Gasteiger partial charge is 0.160 e. The highest BCUT2D eigenvalue weighted by Gasteiger charge is 2.37. The SMILES string of the molecule is CC1(C)c2cccc(-c3ccc(-c4ccc(-c5cc(-c6ccc(-c7cccnc7)cc6)nc(-c6ccccc6)n5)c5ccccc45)cc3)c2-c2c1ccc1ccccc21. The molecule has 0 saturated heterocycles. The minimum atomic E-state index is -0.0808. The van der Waals surface area contributed by atoms with Crippen LogP contribution in [-0.2, 0) is 5.41 Å². The fourth-order valence-corrected chi connectivity index (χ4v) is 9.21. The number of hydrogen-bond acceptors (Lipinski definition) is 3. The lowest BCUT2D eigenvalue weighted by Gasteiger charge is -2.21. The normalized spacial score (nSPS) is 12.7. The first-order valence-electron chi connectivity index (χ1n) is 20.3. The highest BCUT2D eigenvalue weighted by atomic mass is 14.9. The largest absolute Gasteiger partial charge is 0.264 e. The van der Waals surface area contributed by atoms with E-state index in [0.29, 0.717) is 5.82 Å². The molecule has 0 aliphatic heterocycles. The monoisotopic (exact) mass is 753 g/mol. The van der Waals surface area contributed by atoms with Crippen molar-refractivity contribution in [2.24, 2.45) is 0 Å². The molecule has 0 spiro atoms. The summed E-state index contributed by atoms with van der Waals surface area (Å²) in [6.45, 7) is 4.72. The van der Waals surface area contributed by atoms with Crippen molar-refractivity contribution in [1.29, 1.82) is 0 Å². The zero-order valence-corrected chi connectivity index (χ0v) is 32.9. The van der Waals surface area contributed by atoms with E-state index >= 15 is 0 Å². The number of hydrogen-bond donors (Lipinski definition) is 0. The van der Waals surface area contributed by atoms with E-state index in [9.17, 15) is 0 Å². The molecule has 0 radical (unpaired) electrons. The molecular weight excluding hydrogens is 715 g/mol. The third kappa shape index (κ3) is 5.85. The van der Waals surface area contributed by atoms with E-state index in [1.54, 1.807) is 6.20 Å². The van der Waals surface area contributed by atoms with Crippen LogP contribution in [-0.4, -0.2) is 15.0 Å². The molecule has 0 bridgehead atoms. The van der Waals surface area contributed by atoms with Gasteiger partial charge in [0.25, 0.3) is 0 Å². The van der Waals surface area contributed by atoms with Crippen molar-refractivity contribution in [3.8, 4) is 78.4 Å². The summed E-state index contributed by atoms with van der Waals surface area (Å²) in [7, 11) is 0. The van der Waals surface area contributed by atoms with Gasteiger partial charge in [-0.05, 0) is 89.3 Å². The van der Waals surface area contributed by atoms with Gasteiger partial charge in [-0.2, -0.15) is 0 Å². The van der Waals surface area contributed by atoms with E-state index in [0.717, 1.165) is 44.6 Å². The molecule has 0 amide bonds. The van der Waals surface area contributed by atoms with Crippen molar-refractivity contribution in [3.05, 3.63) is 212 Å². The number of nitrogens with zero attached hydrogens (tertiary/aromatic N) is 3. The quantitative estimate of drug-likeness (QED) is 0.170. The highest BCUT2D eigenvalue weighted by molar-refractivity contribution is 6.07. The van der Waals surface area contributed by atoms with E-state index in [1.165, 1.54) is 60.7 Å².